The number of rotatable bonds is 3. The van der Waals surface area contributed by atoms with Gasteiger partial charge in [-0.3, -0.25) is 0 Å². The van der Waals surface area contributed by atoms with Crippen LogP contribution in [-0.2, 0) is 0 Å². The summed E-state index contributed by atoms with van der Waals surface area (Å²) in [4.78, 5) is 0. The van der Waals surface area contributed by atoms with E-state index in [1.165, 1.54) is 0 Å². The van der Waals surface area contributed by atoms with E-state index in [0.29, 0.717) is 38.3 Å². The molecule has 9 rings (SSSR count). The van der Waals surface area contributed by atoms with E-state index in [9.17, 15) is 0 Å². The highest BCUT2D eigenvalue weighted by Gasteiger charge is 2.25. The van der Waals surface area contributed by atoms with Crippen LogP contribution in [0.25, 0.3) is 87.6 Å². The zero-order valence-electron chi connectivity index (χ0n) is 27.4. The van der Waals surface area contributed by atoms with Gasteiger partial charge in [-0.15, -0.1) is 21.9 Å². The standard InChI is InChI=1S/C42H18B8O/c43-35-31-28(21-9-5-2-6-10-21)32-34(38(46)42(50)40(48)36(32)44)29(33(31)37(45)41(49)39(35)47)23-14-15-26-25(18-23)30-24-17-22(19-7-3-1-4-8-19)12-11-20(24)13-16-27(30)51-26/h1-18H. The third-order valence-corrected chi connectivity index (χ3v) is 10.2. The second-order valence-corrected chi connectivity index (χ2v) is 13.0. The lowest BCUT2D eigenvalue weighted by Crippen LogP contribution is -2.50. The summed E-state index contributed by atoms with van der Waals surface area (Å²) in [6, 6.07) is 36.5. The summed E-state index contributed by atoms with van der Waals surface area (Å²) < 4.78 is 6.44. The van der Waals surface area contributed by atoms with Gasteiger partial charge in [-0.25, -0.2) is 0 Å². The van der Waals surface area contributed by atoms with Crippen molar-refractivity contribution >= 4 is 161 Å². The van der Waals surface area contributed by atoms with Gasteiger partial charge in [-0.1, -0.05) is 107 Å². The molecule has 1 nitrogen and oxygen atoms in total. The van der Waals surface area contributed by atoms with Crippen LogP contribution in [0.2, 0.25) is 0 Å². The first-order valence-electron chi connectivity index (χ1n) is 16.4. The maximum absolute atomic E-state index is 6.94. The highest BCUT2D eigenvalue weighted by Crippen LogP contribution is 2.43. The summed E-state index contributed by atoms with van der Waals surface area (Å²) in [5.74, 6) is 0. The molecule has 1 heterocycles. The Morgan fingerprint density at radius 1 is 0.314 bits per heavy atom. The summed E-state index contributed by atoms with van der Waals surface area (Å²) in [5, 5.41) is 6.32. The lowest BCUT2D eigenvalue weighted by Gasteiger charge is -2.28. The Morgan fingerprint density at radius 3 is 1.29 bits per heavy atom. The maximum atomic E-state index is 6.94. The van der Waals surface area contributed by atoms with Crippen LogP contribution in [0.3, 0.4) is 0 Å². The van der Waals surface area contributed by atoms with Gasteiger partial charge in [-0.2, -0.15) is 0 Å². The molecule has 0 spiro atoms. The van der Waals surface area contributed by atoms with E-state index in [-0.39, 0.29) is 43.7 Å². The first-order valence-corrected chi connectivity index (χ1v) is 16.4. The van der Waals surface area contributed by atoms with Crippen molar-refractivity contribution in [2.45, 2.75) is 0 Å². The summed E-state index contributed by atoms with van der Waals surface area (Å²) in [7, 11) is 53.9. The van der Waals surface area contributed by atoms with Gasteiger partial charge in [0.25, 0.3) is 0 Å². The van der Waals surface area contributed by atoms with Gasteiger partial charge < -0.3 is 4.42 Å². The lowest BCUT2D eigenvalue weighted by atomic mass is 9.59. The van der Waals surface area contributed by atoms with E-state index in [2.05, 4.69) is 42.5 Å². The predicted molar refractivity (Wildman–Crippen MR) is 226 cm³/mol. The molecule has 9 heteroatoms. The van der Waals surface area contributed by atoms with Crippen LogP contribution in [0.1, 0.15) is 0 Å². The Hall–Kier alpha value is -5.14. The van der Waals surface area contributed by atoms with Crippen LogP contribution in [0.4, 0.5) is 0 Å². The van der Waals surface area contributed by atoms with Crippen molar-refractivity contribution in [2.75, 3.05) is 0 Å². The average Bonchev–Trinajstić information content (AvgIpc) is 3.55. The molecule has 0 fully saturated rings. The topological polar surface area (TPSA) is 13.1 Å². The van der Waals surface area contributed by atoms with Gasteiger partial charge in [0.1, 0.15) is 73.9 Å². The van der Waals surface area contributed by atoms with Crippen molar-refractivity contribution in [1.82, 2.24) is 0 Å². The van der Waals surface area contributed by atoms with Crippen molar-refractivity contribution in [3.8, 4) is 33.4 Å². The predicted octanol–water partition coefficient (Wildman–Crippen LogP) is 2.40. The summed E-state index contributed by atoms with van der Waals surface area (Å²) in [5.41, 5.74) is 8.33. The van der Waals surface area contributed by atoms with Crippen LogP contribution >= 0.6 is 0 Å². The molecule has 0 aliphatic heterocycles. The smallest absolute Gasteiger partial charge is 0.136 e. The van der Waals surface area contributed by atoms with Crippen LogP contribution in [0.5, 0.6) is 0 Å². The third kappa shape index (κ3) is 4.60. The zero-order chi connectivity index (χ0) is 35.3. The summed E-state index contributed by atoms with van der Waals surface area (Å²) in [6.45, 7) is 0. The number of benzene rings is 8. The fourth-order valence-corrected chi connectivity index (χ4v) is 7.69. The number of furan rings is 1. The van der Waals surface area contributed by atoms with Crippen LogP contribution in [0, 0.1) is 0 Å². The van der Waals surface area contributed by atoms with Crippen LogP contribution in [0.15, 0.2) is 114 Å². The third-order valence-electron chi connectivity index (χ3n) is 10.2. The Bertz CT molecular complexity index is 2850. The highest BCUT2D eigenvalue weighted by molar-refractivity contribution is 6.71. The molecule has 9 aromatic rings. The molecule has 0 aliphatic carbocycles. The second kappa shape index (κ2) is 11.7. The van der Waals surface area contributed by atoms with Gasteiger partial charge in [0.15, 0.2) is 0 Å². The molecule has 0 unspecified atom stereocenters. The van der Waals surface area contributed by atoms with E-state index in [0.717, 1.165) is 49.4 Å². The maximum Gasteiger partial charge on any atom is 0.136 e. The minimum Gasteiger partial charge on any atom is -0.456 e. The van der Waals surface area contributed by atoms with Crippen molar-refractivity contribution < 1.29 is 4.42 Å². The van der Waals surface area contributed by atoms with E-state index < -0.39 is 0 Å². The largest absolute Gasteiger partial charge is 0.456 e. The zero-order valence-corrected chi connectivity index (χ0v) is 27.4. The molecule has 0 N–H and O–H groups in total. The number of hydrogen-bond donors (Lipinski definition) is 0. The minimum atomic E-state index is 0.170. The molecule has 0 bridgehead atoms. The van der Waals surface area contributed by atoms with Crippen molar-refractivity contribution in [3.05, 3.63) is 109 Å². The van der Waals surface area contributed by atoms with E-state index >= 15 is 0 Å². The Kier molecular flexibility index (Phi) is 7.30. The van der Waals surface area contributed by atoms with Crippen molar-refractivity contribution in [3.63, 3.8) is 0 Å². The Labute approximate surface area is 306 Å². The molecular weight excluding hydrogens is 607 g/mol. The molecule has 0 aliphatic rings. The van der Waals surface area contributed by atoms with Crippen molar-refractivity contribution in [1.29, 1.82) is 0 Å². The minimum absolute atomic E-state index is 0.170. The molecule has 0 atom stereocenters. The highest BCUT2D eigenvalue weighted by atomic mass is 16.3. The van der Waals surface area contributed by atoms with E-state index in [4.69, 9.17) is 67.2 Å². The molecule has 8 aromatic carbocycles. The van der Waals surface area contributed by atoms with E-state index in [1.54, 1.807) is 0 Å². The molecule has 0 amide bonds. The molecule has 1 aromatic heterocycles. The fourth-order valence-electron chi connectivity index (χ4n) is 7.69. The molecule has 0 saturated heterocycles. The monoisotopic (exact) mass is 626 g/mol. The summed E-state index contributed by atoms with van der Waals surface area (Å²) in [6.07, 6.45) is 0. The normalized spacial score (nSPS) is 11.8. The average molecular weight is 625 g/mol. The van der Waals surface area contributed by atoms with Crippen molar-refractivity contribution in [2.24, 2.45) is 0 Å². The van der Waals surface area contributed by atoms with Gasteiger partial charge in [-0.05, 0) is 90.0 Å². The van der Waals surface area contributed by atoms with E-state index in [1.807, 2.05) is 66.7 Å². The number of fused-ring (bicyclic) bond motifs is 7. The lowest BCUT2D eigenvalue weighted by molar-refractivity contribution is 0.669. The van der Waals surface area contributed by atoms with Gasteiger partial charge in [0.05, 0.1) is 0 Å². The van der Waals surface area contributed by atoms with Gasteiger partial charge in [0.2, 0.25) is 0 Å². The van der Waals surface area contributed by atoms with Gasteiger partial charge >= 0.3 is 0 Å². The number of hydrogen-bond acceptors (Lipinski definition) is 1. The van der Waals surface area contributed by atoms with Crippen LogP contribution < -0.4 is 43.7 Å². The molecule has 51 heavy (non-hydrogen) atoms. The molecule has 0 saturated carbocycles. The second-order valence-electron chi connectivity index (χ2n) is 13.0. The molecule has 16 radical (unpaired) electrons. The van der Waals surface area contributed by atoms with Gasteiger partial charge in [0, 0.05) is 10.8 Å². The van der Waals surface area contributed by atoms with Crippen LogP contribution in [-0.4, -0.2) is 62.8 Å². The molecule has 216 valence electrons. The first kappa shape index (κ1) is 31.8. The fraction of sp³-hybridized carbons (Fsp3) is 0. The summed E-state index contributed by atoms with van der Waals surface area (Å²) >= 11 is 0. The first-order chi connectivity index (χ1) is 24.7. The quantitative estimate of drug-likeness (QED) is 0.218. The SMILES string of the molecule is [B]c1c([B])c([B])c2c(-c3ccc4oc5ccc6ccc(-c7ccccc7)cc6c5c4c3)c3c([B])c([B])c([B])c([B])c3c(-c3ccccc3)c2c1[B]. The molecular formula is C42H18B8O. The Balaban J connectivity index is 1.48. The Morgan fingerprint density at radius 2 is 0.745 bits per heavy atom.